The summed E-state index contributed by atoms with van der Waals surface area (Å²) in [7, 11) is 0. The second-order valence-electron chi connectivity index (χ2n) is 5.75. The Kier molecular flexibility index (Phi) is 3.90. The van der Waals surface area contributed by atoms with E-state index in [-0.39, 0.29) is 11.2 Å². The lowest BCUT2D eigenvalue weighted by Gasteiger charge is -2.20. The zero-order valence-electron chi connectivity index (χ0n) is 12.9. The van der Waals surface area contributed by atoms with E-state index in [9.17, 15) is 4.79 Å². The topological polar surface area (TPSA) is 47.8 Å². The molecule has 3 aromatic rings. The first kappa shape index (κ1) is 15.4. The van der Waals surface area contributed by atoms with Crippen LogP contribution in [0.4, 0.5) is 0 Å². The van der Waals surface area contributed by atoms with Gasteiger partial charge in [0.05, 0.1) is 0 Å². The molecule has 0 amide bonds. The number of hydrogen-bond donors (Lipinski definition) is 0. The molecule has 4 nitrogen and oxygen atoms in total. The molecule has 0 aliphatic carbocycles. The van der Waals surface area contributed by atoms with E-state index in [4.69, 9.17) is 11.6 Å². The Bertz CT molecular complexity index is 903. The van der Waals surface area contributed by atoms with Crippen LogP contribution < -0.4 is 0 Å². The lowest BCUT2D eigenvalue weighted by molar-refractivity contribution is 0.0868. The van der Waals surface area contributed by atoms with Crippen molar-refractivity contribution in [2.75, 3.05) is 0 Å². The molecule has 0 unspecified atom stereocenters. The molecule has 0 saturated heterocycles. The summed E-state index contributed by atoms with van der Waals surface area (Å²) in [6, 6.07) is 15.6. The van der Waals surface area contributed by atoms with Gasteiger partial charge in [-0.3, -0.25) is 4.79 Å². The summed E-state index contributed by atoms with van der Waals surface area (Å²) in [6.45, 7) is 2.03. The van der Waals surface area contributed by atoms with Crippen molar-refractivity contribution in [2.24, 2.45) is 0 Å². The lowest BCUT2D eigenvalue weighted by atomic mass is 10.1. The number of hydrogen-bond acceptors (Lipinski definition) is 4. The number of benzene rings is 2. The molecule has 0 saturated carbocycles. The number of rotatable bonds is 2. The van der Waals surface area contributed by atoms with Gasteiger partial charge >= 0.3 is 0 Å². The van der Waals surface area contributed by atoms with Crippen molar-refractivity contribution >= 4 is 29.3 Å². The molecule has 1 aliphatic heterocycles. The minimum absolute atomic E-state index is 0.0328. The highest BCUT2D eigenvalue weighted by atomic mass is 35.5. The van der Waals surface area contributed by atoms with Crippen molar-refractivity contribution in [1.82, 2.24) is 14.8 Å². The molecule has 0 fully saturated rings. The van der Waals surface area contributed by atoms with Gasteiger partial charge in [0.2, 0.25) is 0 Å². The monoisotopic (exact) mass is 355 g/mol. The summed E-state index contributed by atoms with van der Waals surface area (Å²) in [5.74, 6) is 0.553. The zero-order valence-corrected chi connectivity index (χ0v) is 14.5. The summed E-state index contributed by atoms with van der Waals surface area (Å²) in [5, 5.41) is 5.76. The fourth-order valence-electron chi connectivity index (χ4n) is 2.64. The molecule has 4 rings (SSSR count). The van der Waals surface area contributed by atoms with Crippen LogP contribution in [-0.4, -0.2) is 20.7 Å². The highest BCUT2D eigenvalue weighted by molar-refractivity contribution is 7.99. The predicted octanol–water partition coefficient (Wildman–Crippen LogP) is 4.78. The van der Waals surface area contributed by atoms with Crippen molar-refractivity contribution in [2.45, 2.75) is 23.8 Å². The van der Waals surface area contributed by atoms with E-state index in [1.165, 1.54) is 10.2 Å². The summed E-state index contributed by atoms with van der Waals surface area (Å²) in [4.78, 5) is 17.0. The Morgan fingerprint density at radius 3 is 2.54 bits per heavy atom. The molecule has 0 N–H and O–H groups in total. The Labute approximate surface area is 148 Å². The molecule has 0 spiro atoms. The molecular formula is C18H14ClN3OS. The molecule has 120 valence electrons. The fourth-order valence-corrected chi connectivity index (χ4v) is 3.92. The summed E-state index contributed by atoms with van der Waals surface area (Å²) in [5.41, 5.74) is 3.17. The van der Waals surface area contributed by atoms with E-state index in [0.717, 1.165) is 11.1 Å². The third kappa shape index (κ3) is 2.85. The van der Waals surface area contributed by atoms with Crippen LogP contribution in [0.5, 0.6) is 0 Å². The number of aromatic nitrogens is 3. The van der Waals surface area contributed by atoms with Crippen molar-refractivity contribution in [1.29, 1.82) is 0 Å². The minimum Gasteiger partial charge on any atom is -0.272 e. The van der Waals surface area contributed by atoms with Gasteiger partial charge < -0.3 is 0 Å². The van der Waals surface area contributed by atoms with Gasteiger partial charge in [0.1, 0.15) is 0 Å². The van der Waals surface area contributed by atoms with Crippen molar-refractivity contribution in [3.63, 3.8) is 0 Å². The smallest absolute Gasteiger partial charge is 0.250 e. The largest absolute Gasteiger partial charge is 0.272 e. The number of nitrogens with zero attached hydrogens (tertiary/aromatic N) is 3. The molecule has 0 radical (unpaired) electrons. The first-order chi connectivity index (χ1) is 11.6. The minimum atomic E-state index is -0.0328. The van der Waals surface area contributed by atoms with Crippen LogP contribution >= 0.6 is 23.4 Å². The van der Waals surface area contributed by atoms with Gasteiger partial charge in [0.25, 0.3) is 5.91 Å². The Hall–Kier alpha value is -2.11. The molecule has 6 heteroatoms. The van der Waals surface area contributed by atoms with Crippen LogP contribution in [0.25, 0.3) is 11.4 Å². The van der Waals surface area contributed by atoms with Crippen LogP contribution in [-0.2, 0) is 0 Å². The van der Waals surface area contributed by atoms with Gasteiger partial charge in [-0.15, -0.1) is 5.10 Å². The normalized spacial score (nSPS) is 16.9. The first-order valence-electron chi connectivity index (χ1n) is 7.59. The highest BCUT2D eigenvalue weighted by Crippen LogP contribution is 2.41. The second-order valence-corrected chi connectivity index (χ2v) is 7.36. The van der Waals surface area contributed by atoms with E-state index >= 15 is 0 Å². The van der Waals surface area contributed by atoms with Gasteiger partial charge in [0, 0.05) is 22.3 Å². The van der Waals surface area contributed by atoms with Gasteiger partial charge in [-0.2, -0.15) is 4.68 Å². The van der Waals surface area contributed by atoms with Gasteiger partial charge in [-0.1, -0.05) is 65.3 Å². The summed E-state index contributed by atoms with van der Waals surface area (Å²) in [6.07, 6.45) is 0.399. The van der Waals surface area contributed by atoms with E-state index < -0.39 is 0 Å². The standard InChI is InChI=1S/C18H14ClN3OS/c1-11-2-4-13(5-3-11)17-20-18-22(21-17)16(23)10-15(24-18)12-6-8-14(19)9-7-12/h2-9,15H,10H2,1H3/t15-/m0/s1. The fraction of sp³-hybridized carbons (Fsp3) is 0.167. The van der Waals surface area contributed by atoms with Crippen LogP contribution in [0, 0.1) is 6.92 Å². The van der Waals surface area contributed by atoms with E-state index in [0.29, 0.717) is 22.4 Å². The van der Waals surface area contributed by atoms with Crippen molar-refractivity contribution < 1.29 is 4.79 Å². The molecule has 2 aromatic carbocycles. The maximum absolute atomic E-state index is 12.5. The van der Waals surface area contributed by atoms with Crippen LogP contribution in [0.15, 0.2) is 53.7 Å². The van der Waals surface area contributed by atoms with Crippen molar-refractivity contribution in [3.05, 3.63) is 64.7 Å². The Morgan fingerprint density at radius 1 is 1.12 bits per heavy atom. The molecule has 1 aromatic heterocycles. The molecule has 24 heavy (non-hydrogen) atoms. The van der Waals surface area contributed by atoms with Gasteiger partial charge in [-0.25, -0.2) is 4.98 Å². The molecule has 2 heterocycles. The predicted molar refractivity (Wildman–Crippen MR) is 95.5 cm³/mol. The van der Waals surface area contributed by atoms with Gasteiger partial charge in [0.15, 0.2) is 11.0 Å². The van der Waals surface area contributed by atoms with Crippen LogP contribution in [0.3, 0.4) is 0 Å². The number of carbonyl (C=O) groups excluding carboxylic acids is 1. The Balaban J connectivity index is 1.66. The maximum atomic E-state index is 12.5. The number of thioether (sulfide) groups is 1. The molecular weight excluding hydrogens is 342 g/mol. The number of fused-ring (bicyclic) bond motifs is 1. The molecule has 0 bridgehead atoms. The van der Waals surface area contributed by atoms with Crippen LogP contribution in [0.2, 0.25) is 5.02 Å². The van der Waals surface area contributed by atoms with E-state index in [1.54, 1.807) is 11.8 Å². The molecule has 1 aliphatic rings. The van der Waals surface area contributed by atoms with E-state index in [2.05, 4.69) is 10.1 Å². The third-order valence-corrected chi connectivity index (χ3v) is 5.42. The SMILES string of the molecule is Cc1ccc(-c2nc3n(n2)C(=O)C[C@@H](c2ccc(Cl)cc2)S3)cc1. The van der Waals surface area contributed by atoms with Crippen molar-refractivity contribution in [3.8, 4) is 11.4 Å². The number of halogens is 1. The number of aryl methyl sites for hydroxylation is 1. The average molecular weight is 356 g/mol. The number of carbonyl (C=O) groups is 1. The zero-order chi connectivity index (χ0) is 16.7. The summed E-state index contributed by atoms with van der Waals surface area (Å²) >= 11 is 7.51. The first-order valence-corrected chi connectivity index (χ1v) is 8.85. The average Bonchev–Trinajstić information content (AvgIpc) is 3.01. The van der Waals surface area contributed by atoms with E-state index in [1.807, 2.05) is 55.5 Å². The summed E-state index contributed by atoms with van der Waals surface area (Å²) < 4.78 is 1.42. The quantitative estimate of drug-likeness (QED) is 0.663. The maximum Gasteiger partial charge on any atom is 0.250 e. The van der Waals surface area contributed by atoms with Gasteiger partial charge in [-0.05, 0) is 24.6 Å². The lowest BCUT2D eigenvalue weighted by Crippen LogP contribution is -2.20. The third-order valence-electron chi connectivity index (χ3n) is 3.97. The Morgan fingerprint density at radius 2 is 1.83 bits per heavy atom. The highest BCUT2D eigenvalue weighted by Gasteiger charge is 2.30. The second kappa shape index (κ2) is 6.07. The van der Waals surface area contributed by atoms with Crippen LogP contribution in [0.1, 0.15) is 27.6 Å². The molecule has 1 atom stereocenters.